The normalized spacial score (nSPS) is 20.4. The summed E-state index contributed by atoms with van der Waals surface area (Å²) in [6.07, 6.45) is 3.55. The number of rotatable bonds is 8. The van der Waals surface area contributed by atoms with Crippen molar-refractivity contribution >= 4 is 7.60 Å². The first-order valence-corrected chi connectivity index (χ1v) is 8.21. The van der Waals surface area contributed by atoms with Crippen LogP contribution in [0.5, 0.6) is 0 Å². The molecular weight excluding hydrogens is 255 g/mol. The lowest BCUT2D eigenvalue weighted by molar-refractivity contribution is -0.121. The maximum atomic E-state index is 12.3. The molecule has 0 radical (unpaired) electrons. The monoisotopic (exact) mass is 278 g/mol. The van der Waals surface area contributed by atoms with Gasteiger partial charge in [-0.3, -0.25) is 4.57 Å². The Bertz CT molecular complexity index is 306. The van der Waals surface area contributed by atoms with Gasteiger partial charge in [0.15, 0.2) is 6.29 Å². The highest BCUT2D eigenvalue weighted by Crippen LogP contribution is 2.50. The SMILES string of the molecule is CCOC1CCC=C(CP(=O)(OCC)OCC)O1. The molecule has 1 atom stereocenters. The van der Waals surface area contributed by atoms with Crippen LogP contribution in [0.4, 0.5) is 0 Å². The minimum absolute atomic E-state index is 0.179. The largest absolute Gasteiger partial charge is 0.469 e. The molecule has 1 heterocycles. The Hall–Kier alpha value is -0.350. The zero-order valence-electron chi connectivity index (χ0n) is 11.4. The lowest BCUT2D eigenvalue weighted by Gasteiger charge is -2.26. The van der Waals surface area contributed by atoms with Crippen LogP contribution in [0.3, 0.4) is 0 Å². The standard InChI is InChI=1S/C12H23O5P/c1-4-14-12-9-7-8-11(17-12)10-18(13,15-5-2)16-6-3/h8,12H,4-7,9-10H2,1-3H3. The van der Waals surface area contributed by atoms with E-state index in [-0.39, 0.29) is 12.5 Å². The van der Waals surface area contributed by atoms with Gasteiger partial charge in [-0.1, -0.05) is 0 Å². The van der Waals surface area contributed by atoms with Gasteiger partial charge in [0.25, 0.3) is 0 Å². The lowest BCUT2D eigenvalue weighted by Crippen LogP contribution is -2.21. The molecule has 5 nitrogen and oxygen atoms in total. The molecule has 0 amide bonds. The zero-order chi connectivity index (χ0) is 13.4. The van der Waals surface area contributed by atoms with E-state index in [4.69, 9.17) is 18.5 Å². The van der Waals surface area contributed by atoms with Crippen LogP contribution in [0, 0.1) is 0 Å². The molecule has 0 aliphatic carbocycles. The molecule has 0 saturated heterocycles. The van der Waals surface area contributed by atoms with Gasteiger partial charge < -0.3 is 18.5 Å². The summed E-state index contributed by atoms with van der Waals surface area (Å²) in [6, 6.07) is 0. The summed E-state index contributed by atoms with van der Waals surface area (Å²) in [6.45, 7) is 6.84. The van der Waals surface area contributed by atoms with Gasteiger partial charge in [-0.25, -0.2) is 0 Å². The van der Waals surface area contributed by atoms with Crippen molar-refractivity contribution in [1.82, 2.24) is 0 Å². The first-order valence-electron chi connectivity index (χ1n) is 6.49. The van der Waals surface area contributed by atoms with Gasteiger partial charge in [-0.15, -0.1) is 0 Å². The van der Waals surface area contributed by atoms with Gasteiger partial charge in [0.2, 0.25) is 0 Å². The van der Waals surface area contributed by atoms with Gasteiger partial charge in [0.1, 0.15) is 11.9 Å². The molecular formula is C12H23O5P. The van der Waals surface area contributed by atoms with Gasteiger partial charge >= 0.3 is 7.60 Å². The Morgan fingerprint density at radius 3 is 2.50 bits per heavy atom. The van der Waals surface area contributed by atoms with E-state index in [0.29, 0.717) is 25.6 Å². The minimum Gasteiger partial charge on any atom is -0.469 e. The summed E-state index contributed by atoms with van der Waals surface area (Å²) in [5, 5.41) is 0. The first kappa shape index (κ1) is 15.7. The van der Waals surface area contributed by atoms with Gasteiger partial charge in [-0.05, 0) is 33.3 Å². The molecule has 1 rings (SSSR count). The highest BCUT2D eigenvalue weighted by molar-refractivity contribution is 7.54. The zero-order valence-corrected chi connectivity index (χ0v) is 12.3. The molecule has 1 aliphatic heterocycles. The van der Waals surface area contributed by atoms with E-state index in [2.05, 4.69) is 0 Å². The number of hydrogen-bond donors (Lipinski definition) is 0. The smallest absolute Gasteiger partial charge is 0.338 e. The highest BCUT2D eigenvalue weighted by Gasteiger charge is 2.28. The van der Waals surface area contributed by atoms with E-state index < -0.39 is 7.60 Å². The molecule has 18 heavy (non-hydrogen) atoms. The fourth-order valence-electron chi connectivity index (χ4n) is 1.77. The summed E-state index contributed by atoms with van der Waals surface area (Å²) < 4.78 is 33.9. The van der Waals surface area contributed by atoms with E-state index in [9.17, 15) is 4.57 Å². The van der Waals surface area contributed by atoms with Gasteiger partial charge in [0, 0.05) is 13.0 Å². The number of allylic oxidation sites excluding steroid dienone is 2. The Labute approximate surface area is 109 Å². The van der Waals surface area contributed by atoms with Crippen molar-refractivity contribution in [3.05, 3.63) is 11.8 Å². The molecule has 1 aliphatic rings. The second-order valence-corrected chi connectivity index (χ2v) is 5.91. The summed E-state index contributed by atoms with van der Waals surface area (Å²) in [4.78, 5) is 0. The fraction of sp³-hybridized carbons (Fsp3) is 0.833. The molecule has 0 aromatic rings. The Balaban J connectivity index is 2.58. The van der Waals surface area contributed by atoms with Gasteiger partial charge in [0.05, 0.1) is 13.2 Å². The van der Waals surface area contributed by atoms with Crippen molar-refractivity contribution in [2.45, 2.75) is 39.9 Å². The maximum absolute atomic E-state index is 12.3. The molecule has 106 valence electrons. The second kappa shape index (κ2) is 7.95. The Kier molecular flexibility index (Phi) is 6.94. The summed E-state index contributed by atoms with van der Waals surface area (Å²) in [7, 11) is -3.08. The van der Waals surface area contributed by atoms with Crippen molar-refractivity contribution in [1.29, 1.82) is 0 Å². The molecule has 0 aromatic carbocycles. The van der Waals surface area contributed by atoms with Crippen molar-refractivity contribution in [3.8, 4) is 0 Å². The van der Waals surface area contributed by atoms with Crippen LogP contribution in [0.2, 0.25) is 0 Å². The molecule has 0 fully saturated rings. The molecule has 0 saturated carbocycles. The molecule has 6 heteroatoms. The molecule has 0 bridgehead atoms. The van der Waals surface area contributed by atoms with Crippen LogP contribution in [0.25, 0.3) is 0 Å². The molecule has 0 N–H and O–H groups in total. The number of ether oxygens (including phenoxy) is 2. The predicted octanol–water partition coefficient (Wildman–Crippen LogP) is 3.31. The third kappa shape index (κ3) is 5.11. The van der Waals surface area contributed by atoms with Crippen LogP contribution < -0.4 is 0 Å². The average Bonchev–Trinajstić information content (AvgIpc) is 2.30. The molecule has 0 aromatic heterocycles. The number of hydrogen-bond acceptors (Lipinski definition) is 5. The van der Waals surface area contributed by atoms with Crippen LogP contribution in [0.15, 0.2) is 11.8 Å². The van der Waals surface area contributed by atoms with E-state index in [1.54, 1.807) is 13.8 Å². The maximum Gasteiger partial charge on any atom is 0.338 e. The van der Waals surface area contributed by atoms with Crippen molar-refractivity contribution in [2.24, 2.45) is 0 Å². The van der Waals surface area contributed by atoms with Crippen molar-refractivity contribution < 1.29 is 23.1 Å². The Morgan fingerprint density at radius 2 is 1.94 bits per heavy atom. The Morgan fingerprint density at radius 1 is 1.28 bits per heavy atom. The van der Waals surface area contributed by atoms with Crippen LogP contribution >= 0.6 is 7.60 Å². The highest BCUT2D eigenvalue weighted by atomic mass is 31.2. The van der Waals surface area contributed by atoms with Crippen molar-refractivity contribution in [3.63, 3.8) is 0 Å². The second-order valence-electron chi connectivity index (χ2n) is 3.86. The quantitative estimate of drug-likeness (QED) is 0.637. The molecule has 1 unspecified atom stereocenters. The van der Waals surface area contributed by atoms with Crippen LogP contribution in [-0.2, 0) is 23.1 Å². The third-order valence-corrected chi connectivity index (χ3v) is 4.41. The van der Waals surface area contributed by atoms with E-state index in [1.807, 2.05) is 13.0 Å². The summed E-state index contributed by atoms with van der Waals surface area (Å²) >= 11 is 0. The summed E-state index contributed by atoms with van der Waals surface area (Å²) in [5.74, 6) is 0.643. The first-order chi connectivity index (χ1) is 8.63. The summed E-state index contributed by atoms with van der Waals surface area (Å²) in [5.41, 5.74) is 0. The van der Waals surface area contributed by atoms with E-state index in [0.717, 1.165) is 12.8 Å². The van der Waals surface area contributed by atoms with Crippen LogP contribution in [-0.4, -0.2) is 32.3 Å². The third-order valence-electron chi connectivity index (χ3n) is 2.41. The fourth-order valence-corrected chi connectivity index (χ4v) is 3.40. The van der Waals surface area contributed by atoms with Gasteiger partial charge in [-0.2, -0.15) is 0 Å². The van der Waals surface area contributed by atoms with E-state index in [1.165, 1.54) is 0 Å². The average molecular weight is 278 g/mol. The topological polar surface area (TPSA) is 54.0 Å². The van der Waals surface area contributed by atoms with Crippen molar-refractivity contribution in [2.75, 3.05) is 26.0 Å². The van der Waals surface area contributed by atoms with E-state index >= 15 is 0 Å². The van der Waals surface area contributed by atoms with Crippen LogP contribution in [0.1, 0.15) is 33.6 Å². The minimum atomic E-state index is -3.08. The predicted molar refractivity (Wildman–Crippen MR) is 69.5 cm³/mol. The molecule has 0 spiro atoms. The lowest BCUT2D eigenvalue weighted by atomic mass is 10.2.